The SMILES string of the molecule is C[C@H](NC(=O)NCCc1cccc(C(=O)N(C)C)c1)c1ccccn1. The van der Waals surface area contributed by atoms with Crippen LogP contribution in [0.1, 0.15) is 34.6 Å². The van der Waals surface area contributed by atoms with Gasteiger partial charge < -0.3 is 15.5 Å². The van der Waals surface area contributed by atoms with Gasteiger partial charge in [0.1, 0.15) is 0 Å². The van der Waals surface area contributed by atoms with E-state index in [0.717, 1.165) is 11.3 Å². The van der Waals surface area contributed by atoms with Gasteiger partial charge in [-0.3, -0.25) is 9.78 Å². The van der Waals surface area contributed by atoms with E-state index in [2.05, 4.69) is 15.6 Å². The van der Waals surface area contributed by atoms with Crippen molar-refractivity contribution in [2.24, 2.45) is 0 Å². The lowest BCUT2D eigenvalue weighted by atomic mass is 10.1. The van der Waals surface area contributed by atoms with Crippen molar-refractivity contribution in [3.8, 4) is 0 Å². The molecule has 0 radical (unpaired) electrons. The normalized spacial score (nSPS) is 11.5. The monoisotopic (exact) mass is 340 g/mol. The Morgan fingerprint density at radius 3 is 2.64 bits per heavy atom. The van der Waals surface area contributed by atoms with Gasteiger partial charge >= 0.3 is 6.03 Å². The number of nitrogens with one attached hydrogen (secondary N) is 2. The second-order valence-corrected chi connectivity index (χ2v) is 6.03. The first kappa shape index (κ1) is 18.4. The van der Waals surface area contributed by atoms with Crippen LogP contribution in [-0.4, -0.2) is 42.5 Å². The second-order valence-electron chi connectivity index (χ2n) is 6.03. The zero-order valence-electron chi connectivity index (χ0n) is 14.8. The van der Waals surface area contributed by atoms with E-state index in [1.54, 1.807) is 31.3 Å². The highest BCUT2D eigenvalue weighted by Gasteiger charge is 2.10. The van der Waals surface area contributed by atoms with Crippen molar-refractivity contribution in [3.63, 3.8) is 0 Å². The van der Waals surface area contributed by atoms with Gasteiger partial charge in [0.25, 0.3) is 5.91 Å². The van der Waals surface area contributed by atoms with Crippen molar-refractivity contribution in [2.75, 3.05) is 20.6 Å². The summed E-state index contributed by atoms with van der Waals surface area (Å²) in [6.07, 6.45) is 2.35. The molecule has 0 bridgehead atoms. The zero-order valence-corrected chi connectivity index (χ0v) is 14.8. The number of benzene rings is 1. The molecule has 0 saturated carbocycles. The third kappa shape index (κ3) is 5.60. The van der Waals surface area contributed by atoms with Gasteiger partial charge in [-0.05, 0) is 43.2 Å². The van der Waals surface area contributed by atoms with Gasteiger partial charge in [0.2, 0.25) is 0 Å². The van der Waals surface area contributed by atoms with Crippen molar-refractivity contribution in [3.05, 3.63) is 65.5 Å². The van der Waals surface area contributed by atoms with Crippen LogP contribution >= 0.6 is 0 Å². The number of carbonyl (C=O) groups excluding carboxylic acids is 2. The van der Waals surface area contributed by atoms with Crippen LogP contribution in [0.15, 0.2) is 48.7 Å². The summed E-state index contributed by atoms with van der Waals surface area (Å²) in [6.45, 7) is 2.37. The Bertz CT molecular complexity index is 716. The van der Waals surface area contributed by atoms with Crippen LogP contribution in [0.25, 0.3) is 0 Å². The number of amides is 3. The molecule has 6 nitrogen and oxygen atoms in total. The summed E-state index contributed by atoms with van der Waals surface area (Å²) in [4.78, 5) is 29.7. The molecule has 1 aromatic heterocycles. The predicted octanol–water partition coefficient (Wildman–Crippen LogP) is 2.39. The first-order chi connectivity index (χ1) is 12.0. The van der Waals surface area contributed by atoms with Crippen LogP contribution in [0, 0.1) is 0 Å². The van der Waals surface area contributed by atoms with E-state index < -0.39 is 0 Å². The largest absolute Gasteiger partial charge is 0.345 e. The maximum atomic E-state index is 12.0. The summed E-state index contributed by atoms with van der Waals surface area (Å²) in [7, 11) is 3.45. The van der Waals surface area contributed by atoms with E-state index in [-0.39, 0.29) is 18.0 Å². The Kier molecular flexibility index (Phi) is 6.51. The smallest absolute Gasteiger partial charge is 0.315 e. The molecule has 6 heteroatoms. The summed E-state index contributed by atoms with van der Waals surface area (Å²) in [5.41, 5.74) is 2.47. The molecule has 2 rings (SSSR count). The van der Waals surface area contributed by atoms with Gasteiger partial charge in [-0.2, -0.15) is 0 Å². The van der Waals surface area contributed by atoms with Gasteiger partial charge in [0, 0.05) is 32.4 Å². The first-order valence-electron chi connectivity index (χ1n) is 8.23. The third-order valence-corrected chi connectivity index (χ3v) is 3.76. The lowest BCUT2D eigenvalue weighted by Gasteiger charge is -2.14. The van der Waals surface area contributed by atoms with Crippen LogP contribution in [-0.2, 0) is 6.42 Å². The maximum absolute atomic E-state index is 12.0. The number of carbonyl (C=O) groups is 2. The molecule has 3 amide bonds. The fraction of sp³-hybridized carbons (Fsp3) is 0.316. The predicted molar refractivity (Wildman–Crippen MR) is 97.3 cm³/mol. The quantitative estimate of drug-likeness (QED) is 0.848. The fourth-order valence-corrected chi connectivity index (χ4v) is 2.39. The molecule has 0 aliphatic heterocycles. The zero-order chi connectivity index (χ0) is 18.2. The number of nitrogens with zero attached hydrogens (tertiary/aromatic N) is 2. The van der Waals surface area contributed by atoms with E-state index in [1.165, 1.54) is 0 Å². The van der Waals surface area contributed by atoms with Crippen LogP contribution in [0.5, 0.6) is 0 Å². The van der Waals surface area contributed by atoms with E-state index in [9.17, 15) is 9.59 Å². The highest BCUT2D eigenvalue weighted by atomic mass is 16.2. The average Bonchev–Trinajstić information content (AvgIpc) is 2.62. The van der Waals surface area contributed by atoms with Crippen LogP contribution in [0.2, 0.25) is 0 Å². The minimum absolute atomic E-state index is 0.0308. The Morgan fingerprint density at radius 1 is 1.16 bits per heavy atom. The molecule has 25 heavy (non-hydrogen) atoms. The molecule has 0 unspecified atom stereocenters. The minimum atomic E-state index is -0.237. The van der Waals surface area contributed by atoms with Crippen molar-refractivity contribution >= 4 is 11.9 Å². The maximum Gasteiger partial charge on any atom is 0.315 e. The summed E-state index contributed by atoms with van der Waals surface area (Å²) in [6, 6.07) is 12.7. The molecule has 0 fully saturated rings. The van der Waals surface area contributed by atoms with Crippen molar-refractivity contribution in [2.45, 2.75) is 19.4 Å². The molecular weight excluding hydrogens is 316 g/mol. The number of pyridine rings is 1. The molecule has 0 aliphatic rings. The van der Waals surface area contributed by atoms with Crippen molar-refractivity contribution in [1.82, 2.24) is 20.5 Å². The Labute approximate surface area is 148 Å². The van der Waals surface area contributed by atoms with Crippen LogP contribution in [0.4, 0.5) is 4.79 Å². The molecule has 132 valence electrons. The average molecular weight is 340 g/mol. The topological polar surface area (TPSA) is 74.3 Å². The first-order valence-corrected chi connectivity index (χ1v) is 8.23. The molecule has 0 spiro atoms. The minimum Gasteiger partial charge on any atom is -0.345 e. The lowest BCUT2D eigenvalue weighted by molar-refractivity contribution is 0.0827. The molecule has 0 saturated heterocycles. The fourth-order valence-electron chi connectivity index (χ4n) is 2.39. The molecule has 0 aliphatic carbocycles. The number of hydrogen-bond donors (Lipinski definition) is 2. The van der Waals surface area contributed by atoms with Gasteiger partial charge in [-0.15, -0.1) is 0 Å². The molecule has 1 atom stereocenters. The van der Waals surface area contributed by atoms with E-state index in [0.29, 0.717) is 18.5 Å². The van der Waals surface area contributed by atoms with E-state index in [1.807, 2.05) is 43.3 Å². The number of aromatic nitrogens is 1. The number of hydrogen-bond acceptors (Lipinski definition) is 3. The highest BCUT2D eigenvalue weighted by molar-refractivity contribution is 5.94. The number of urea groups is 1. The van der Waals surface area contributed by atoms with Crippen LogP contribution < -0.4 is 10.6 Å². The van der Waals surface area contributed by atoms with Crippen LogP contribution in [0.3, 0.4) is 0 Å². The summed E-state index contributed by atoms with van der Waals surface area (Å²) in [5, 5.41) is 5.68. The summed E-state index contributed by atoms with van der Waals surface area (Å²) in [5.74, 6) is -0.0308. The molecule has 1 heterocycles. The molecular formula is C19H24N4O2. The van der Waals surface area contributed by atoms with Crippen molar-refractivity contribution in [1.29, 1.82) is 0 Å². The van der Waals surface area contributed by atoms with Crippen molar-refractivity contribution < 1.29 is 9.59 Å². The standard InChI is InChI=1S/C19H24N4O2/c1-14(17-9-4-5-11-20-17)22-19(25)21-12-10-15-7-6-8-16(13-15)18(24)23(2)3/h4-9,11,13-14H,10,12H2,1-3H3,(H2,21,22,25)/t14-/m0/s1. The molecule has 1 aromatic carbocycles. The summed E-state index contributed by atoms with van der Waals surface area (Å²) < 4.78 is 0. The third-order valence-electron chi connectivity index (χ3n) is 3.76. The van der Waals surface area contributed by atoms with E-state index >= 15 is 0 Å². The Balaban J connectivity index is 1.81. The highest BCUT2D eigenvalue weighted by Crippen LogP contribution is 2.09. The van der Waals surface area contributed by atoms with Gasteiger partial charge in [0.15, 0.2) is 0 Å². The second kappa shape index (κ2) is 8.82. The Morgan fingerprint density at radius 2 is 1.96 bits per heavy atom. The number of rotatable bonds is 6. The van der Waals surface area contributed by atoms with Gasteiger partial charge in [-0.25, -0.2) is 4.79 Å². The molecule has 2 N–H and O–H groups in total. The van der Waals surface area contributed by atoms with Gasteiger partial charge in [0.05, 0.1) is 11.7 Å². The summed E-state index contributed by atoms with van der Waals surface area (Å²) >= 11 is 0. The lowest BCUT2D eigenvalue weighted by Crippen LogP contribution is -2.38. The molecule has 2 aromatic rings. The van der Waals surface area contributed by atoms with E-state index in [4.69, 9.17) is 0 Å². The Hall–Kier alpha value is -2.89. The van der Waals surface area contributed by atoms with Gasteiger partial charge in [-0.1, -0.05) is 18.2 Å².